The summed E-state index contributed by atoms with van der Waals surface area (Å²) in [5, 5.41) is 0. The standard InChI is InChI=1S/C21H18N2O4S/c24-20-18-13-6-7-14(12-13)19(18)21(25)23(20)16-8-10-17(11-9-16)28(26,27)22-15-4-2-1-3-5-15/h1-11,13-14,18-19,22H,12H2/t13-,14?,18-,19+/m0/s1. The molecule has 2 aromatic rings. The summed E-state index contributed by atoms with van der Waals surface area (Å²) in [5.74, 6) is -0.608. The summed E-state index contributed by atoms with van der Waals surface area (Å²) >= 11 is 0. The third-order valence-electron chi connectivity index (χ3n) is 5.90. The summed E-state index contributed by atoms with van der Waals surface area (Å²) in [5.41, 5.74) is 0.884. The lowest BCUT2D eigenvalue weighted by Gasteiger charge is -2.17. The number of imide groups is 1. The summed E-state index contributed by atoms with van der Waals surface area (Å²) in [6, 6.07) is 14.5. The first-order chi connectivity index (χ1) is 13.5. The lowest BCUT2D eigenvalue weighted by molar-refractivity contribution is -0.123. The van der Waals surface area contributed by atoms with Crippen LogP contribution in [0.1, 0.15) is 6.42 Å². The van der Waals surface area contributed by atoms with Crippen molar-refractivity contribution in [2.75, 3.05) is 9.62 Å². The Balaban J connectivity index is 1.40. The van der Waals surface area contributed by atoms with Crippen molar-refractivity contribution in [2.45, 2.75) is 11.3 Å². The first kappa shape index (κ1) is 17.2. The molecule has 28 heavy (non-hydrogen) atoms. The maximum Gasteiger partial charge on any atom is 0.261 e. The number of para-hydroxylation sites is 1. The number of carbonyl (C=O) groups is 2. The Labute approximate surface area is 162 Å². The van der Waals surface area contributed by atoms with Crippen LogP contribution in [0.4, 0.5) is 11.4 Å². The lowest BCUT2D eigenvalue weighted by atomic mass is 9.85. The molecule has 2 bridgehead atoms. The van der Waals surface area contributed by atoms with Crippen LogP contribution in [-0.4, -0.2) is 20.2 Å². The number of nitrogens with zero attached hydrogens (tertiary/aromatic N) is 1. The normalized spacial score (nSPS) is 28.1. The lowest BCUT2D eigenvalue weighted by Crippen LogP contribution is -2.32. The topological polar surface area (TPSA) is 83.6 Å². The molecule has 5 rings (SSSR count). The number of amides is 2. The molecule has 2 aromatic carbocycles. The van der Waals surface area contributed by atoms with E-state index in [-0.39, 0.29) is 40.4 Å². The van der Waals surface area contributed by atoms with Gasteiger partial charge in [-0.25, -0.2) is 8.42 Å². The largest absolute Gasteiger partial charge is 0.280 e. The number of carbonyl (C=O) groups excluding carboxylic acids is 2. The molecule has 0 radical (unpaired) electrons. The van der Waals surface area contributed by atoms with Crippen LogP contribution >= 0.6 is 0 Å². The predicted molar refractivity (Wildman–Crippen MR) is 104 cm³/mol. The van der Waals surface area contributed by atoms with Crippen molar-refractivity contribution < 1.29 is 18.0 Å². The van der Waals surface area contributed by atoms with E-state index in [1.165, 1.54) is 29.2 Å². The van der Waals surface area contributed by atoms with Crippen molar-refractivity contribution in [1.29, 1.82) is 0 Å². The fourth-order valence-electron chi connectivity index (χ4n) is 4.65. The number of nitrogens with one attached hydrogen (secondary N) is 1. The van der Waals surface area contributed by atoms with E-state index in [1.807, 2.05) is 12.2 Å². The van der Waals surface area contributed by atoms with Gasteiger partial charge in [-0.1, -0.05) is 30.4 Å². The molecule has 4 atom stereocenters. The van der Waals surface area contributed by atoms with Crippen molar-refractivity contribution >= 4 is 33.2 Å². The molecule has 1 saturated heterocycles. The third-order valence-corrected chi connectivity index (χ3v) is 7.30. The highest BCUT2D eigenvalue weighted by Crippen LogP contribution is 2.53. The number of sulfonamides is 1. The zero-order valence-electron chi connectivity index (χ0n) is 14.9. The van der Waals surface area contributed by atoms with Crippen LogP contribution in [0.25, 0.3) is 0 Å². The Morgan fingerprint density at radius 3 is 1.96 bits per heavy atom. The monoisotopic (exact) mass is 394 g/mol. The Kier molecular flexibility index (Phi) is 3.71. The van der Waals surface area contributed by atoms with E-state index in [2.05, 4.69) is 4.72 Å². The van der Waals surface area contributed by atoms with Gasteiger partial charge in [-0.15, -0.1) is 0 Å². The number of rotatable bonds is 4. The van der Waals surface area contributed by atoms with Gasteiger partial charge in [0.05, 0.1) is 22.4 Å². The quantitative estimate of drug-likeness (QED) is 0.638. The zero-order chi connectivity index (χ0) is 19.5. The molecule has 1 aliphatic heterocycles. The minimum atomic E-state index is -3.75. The second-order valence-electron chi connectivity index (χ2n) is 7.48. The molecule has 2 aliphatic carbocycles. The number of hydrogen-bond acceptors (Lipinski definition) is 4. The summed E-state index contributed by atoms with van der Waals surface area (Å²) in [4.78, 5) is 27.0. The molecule has 0 aromatic heterocycles. The fraction of sp³-hybridized carbons (Fsp3) is 0.238. The van der Waals surface area contributed by atoms with Gasteiger partial charge in [0.2, 0.25) is 11.8 Å². The van der Waals surface area contributed by atoms with E-state index >= 15 is 0 Å². The first-order valence-corrected chi connectivity index (χ1v) is 10.7. The van der Waals surface area contributed by atoms with Crippen LogP contribution in [-0.2, 0) is 19.6 Å². The number of benzene rings is 2. The molecular weight excluding hydrogens is 376 g/mol. The van der Waals surface area contributed by atoms with Gasteiger partial charge < -0.3 is 0 Å². The first-order valence-electron chi connectivity index (χ1n) is 9.20. The van der Waals surface area contributed by atoms with E-state index in [0.29, 0.717) is 11.4 Å². The van der Waals surface area contributed by atoms with Crippen LogP contribution in [0.2, 0.25) is 0 Å². The molecule has 1 saturated carbocycles. The van der Waals surface area contributed by atoms with Gasteiger partial charge in [0, 0.05) is 5.69 Å². The van der Waals surface area contributed by atoms with Crippen molar-refractivity contribution in [2.24, 2.45) is 23.7 Å². The predicted octanol–water partition coefficient (Wildman–Crippen LogP) is 2.80. The molecule has 7 heteroatoms. The van der Waals surface area contributed by atoms with Gasteiger partial charge in [0.15, 0.2) is 0 Å². The molecule has 2 fully saturated rings. The van der Waals surface area contributed by atoms with Gasteiger partial charge in [-0.3, -0.25) is 19.2 Å². The van der Waals surface area contributed by atoms with Gasteiger partial charge >= 0.3 is 0 Å². The second kappa shape index (κ2) is 6.04. The molecule has 142 valence electrons. The van der Waals surface area contributed by atoms with Crippen molar-refractivity contribution in [3.8, 4) is 0 Å². The van der Waals surface area contributed by atoms with E-state index in [0.717, 1.165) is 6.42 Å². The van der Waals surface area contributed by atoms with Crippen molar-refractivity contribution in [3.63, 3.8) is 0 Å². The summed E-state index contributed by atoms with van der Waals surface area (Å²) in [6.45, 7) is 0. The summed E-state index contributed by atoms with van der Waals surface area (Å²) in [6.07, 6.45) is 4.97. The third kappa shape index (κ3) is 2.50. The van der Waals surface area contributed by atoms with Crippen LogP contribution in [0.15, 0.2) is 71.6 Å². The molecule has 1 heterocycles. The highest BCUT2D eigenvalue weighted by molar-refractivity contribution is 7.92. The number of allylic oxidation sites excluding steroid dienone is 2. The Hall–Kier alpha value is -2.93. The number of anilines is 2. The maximum absolute atomic E-state index is 12.9. The van der Waals surface area contributed by atoms with Crippen molar-refractivity contribution in [3.05, 3.63) is 66.7 Å². The minimum Gasteiger partial charge on any atom is -0.280 e. The van der Waals surface area contributed by atoms with Crippen LogP contribution < -0.4 is 9.62 Å². The molecule has 1 N–H and O–H groups in total. The van der Waals surface area contributed by atoms with E-state index in [4.69, 9.17) is 0 Å². The highest BCUT2D eigenvalue weighted by atomic mass is 32.2. The number of hydrogen-bond donors (Lipinski definition) is 1. The molecule has 0 spiro atoms. The second-order valence-corrected chi connectivity index (χ2v) is 9.16. The highest BCUT2D eigenvalue weighted by Gasteiger charge is 2.59. The Bertz CT molecular complexity index is 1060. The van der Waals surface area contributed by atoms with Gasteiger partial charge in [-0.2, -0.15) is 0 Å². The van der Waals surface area contributed by atoms with Gasteiger partial charge in [0.1, 0.15) is 0 Å². The molecule has 1 unspecified atom stereocenters. The fourth-order valence-corrected chi connectivity index (χ4v) is 5.71. The molecule has 2 amide bonds. The zero-order valence-corrected chi connectivity index (χ0v) is 15.7. The summed E-state index contributed by atoms with van der Waals surface area (Å²) < 4.78 is 27.6. The van der Waals surface area contributed by atoms with Gasteiger partial charge in [-0.05, 0) is 54.7 Å². The molecular formula is C21H18N2O4S. The van der Waals surface area contributed by atoms with Crippen molar-refractivity contribution in [1.82, 2.24) is 0 Å². The van der Waals surface area contributed by atoms with Gasteiger partial charge in [0.25, 0.3) is 10.0 Å². The van der Waals surface area contributed by atoms with E-state index in [1.54, 1.807) is 30.3 Å². The van der Waals surface area contributed by atoms with E-state index in [9.17, 15) is 18.0 Å². The Morgan fingerprint density at radius 2 is 1.39 bits per heavy atom. The minimum absolute atomic E-state index is 0.0705. The van der Waals surface area contributed by atoms with E-state index < -0.39 is 10.0 Å². The SMILES string of the molecule is O=C1[C@@H]2[C@H](C(=O)N1c1ccc(S(=O)(=O)Nc3ccccc3)cc1)C1C=C[C@H]2C1. The van der Waals surface area contributed by atoms with Crippen LogP contribution in [0.3, 0.4) is 0 Å². The molecule has 6 nitrogen and oxygen atoms in total. The Morgan fingerprint density at radius 1 is 0.821 bits per heavy atom. The smallest absolute Gasteiger partial charge is 0.261 e. The average molecular weight is 394 g/mol. The van der Waals surface area contributed by atoms with Crippen LogP contribution in [0.5, 0.6) is 0 Å². The average Bonchev–Trinajstić information content (AvgIpc) is 3.36. The number of fused-ring (bicyclic) bond motifs is 5. The molecule has 3 aliphatic rings. The van der Waals surface area contributed by atoms with Crippen LogP contribution in [0, 0.1) is 23.7 Å². The summed E-state index contributed by atoms with van der Waals surface area (Å²) in [7, 11) is -3.75. The maximum atomic E-state index is 12.9.